The number of quaternary nitrogens is 1. The van der Waals surface area contributed by atoms with Gasteiger partial charge < -0.3 is 27.8 Å². The van der Waals surface area contributed by atoms with Crippen molar-refractivity contribution in [2.24, 2.45) is 22.9 Å². The SMILES string of the molecule is CN(CCCN)C(=O)C=C[N+](CCN)(CCN)CCN. The van der Waals surface area contributed by atoms with Crippen LogP contribution in [0, 0.1) is 0 Å². The Morgan fingerprint density at radius 3 is 1.90 bits per heavy atom. The molecule has 0 aliphatic carbocycles. The summed E-state index contributed by atoms with van der Waals surface area (Å²) >= 11 is 0. The maximum absolute atomic E-state index is 12.0. The average Bonchev–Trinajstić information content (AvgIpc) is 2.43. The number of amides is 1. The fourth-order valence-corrected chi connectivity index (χ4v) is 2.12. The number of nitrogens with zero attached hydrogens (tertiary/aromatic N) is 2. The molecule has 118 valence electrons. The lowest BCUT2D eigenvalue weighted by Gasteiger charge is -2.34. The molecule has 7 heteroatoms. The molecule has 0 saturated heterocycles. The fourth-order valence-electron chi connectivity index (χ4n) is 2.12. The number of nitrogens with two attached hydrogens (primary N) is 4. The van der Waals surface area contributed by atoms with Crippen LogP contribution in [0.3, 0.4) is 0 Å². The zero-order chi connectivity index (χ0) is 15.4. The summed E-state index contributed by atoms with van der Waals surface area (Å²) in [5.74, 6) is -0.0352. The average molecular weight is 287 g/mol. The minimum atomic E-state index is -0.0352. The molecule has 0 aromatic carbocycles. The summed E-state index contributed by atoms with van der Waals surface area (Å²) in [6.45, 7) is 5.00. The van der Waals surface area contributed by atoms with Crippen molar-refractivity contribution in [2.45, 2.75) is 6.42 Å². The molecule has 20 heavy (non-hydrogen) atoms. The quantitative estimate of drug-likeness (QED) is 0.258. The Hall–Kier alpha value is -0.990. The largest absolute Gasteiger partial charge is 0.342 e. The van der Waals surface area contributed by atoms with E-state index in [4.69, 9.17) is 22.9 Å². The van der Waals surface area contributed by atoms with Crippen LogP contribution in [0.1, 0.15) is 6.42 Å². The van der Waals surface area contributed by atoms with E-state index in [1.807, 2.05) is 6.20 Å². The van der Waals surface area contributed by atoms with Crippen LogP contribution in [0.4, 0.5) is 0 Å². The van der Waals surface area contributed by atoms with Gasteiger partial charge in [0.1, 0.15) is 6.20 Å². The van der Waals surface area contributed by atoms with E-state index in [0.29, 0.717) is 37.2 Å². The lowest BCUT2D eigenvalue weighted by Crippen LogP contribution is -2.51. The predicted molar refractivity (Wildman–Crippen MR) is 82.5 cm³/mol. The molecule has 0 aromatic rings. The molecule has 0 spiro atoms. The highest BCUT2D eigenvalue weighted by atomic mass is 16.2. The number of hydrogen-bond acceptors (Lipinski definition) is 5. The van der Waals surface area contributed by atoms with Crippen LogP contribution in [0.5, 0.6) is 0 Å². The molecular weight excluding hydrogens is 256 g/mol. The Bertz CT molecular complexity index is 278. The highest BCUT2D eigenvalue weighted by molar-refractivity contribution is 5.87. The van der Waals surface area contributed by atoms with Crippen molar-refractivity contribution in [1.29, 1.82) is 0 Å². The third-order valence-electron chi connectivity index (χ3n) is 3.33. The first-order chi connectivity index (χ1) is 9.55. The van der Waals surface area contributed by atoms with Gasteiger partial charge in [-0.3, -0.25) is 9.28 Å². The Morgan fingerprint density at radius 1 is 1.00 bits per heavy atom. The van der Waals surface area contributed by atoms with Gasteiger partial charge in [0, 0.05) is 33.2 Å². The van der Waals surface area contributed by atoms with Crippen molar-refractivity contribution in [2.75, 3.05) is 59.4 Å². The van der Waals surface area contributed by atoms with Gasteiger partial charge in [0.25, 0.3) is 5.91 Å². The summed E-state index contributed by atoms with van der Waals surface area (Å²) in [4.78, 5) is 13.7. The molecule has 0 aliphatic heterocycles. The molecule has 0 atom stereocenters. The lowest BCUT2D eigenvalue weighted by molar-refractivity contribution is -0.875. The molecule has 7 nitrogen and oxygen atoms in total. The molecule has 0 aliphatic rings. The Morgan fingerprint density at radius 2 is 1.50 bits per heavy atom. The molecule has 0 radical (unpaired) electrons. The summed E-state index contributed by atoms with van der Waals surface area (Å²) in [5.41, 5.74) is 22.4. The van der Waals surface area contributed by atoms with Gasteiger partial charge in [-0.1, -0.05) is 0 Å². The number of hydrogen-bond donors (Lipinski definition) is 4. The summed E-state index contributed by atoms with van der Waals surface area (Å²) in [7, 11) is 1.77. The van der Waals surface area contributed by atoms with Gasteiger partial charge in [0.2, 0.25) is 0 Å². The van der Waals surface area contributed by atoms with Gasteiger partial charge in [-0.05, 0) is 13.0 Å². The fraction of sp³-hybridized carbons (Fsp3) is 0.769. The minimum Gasteiger partial charge on any atom is -0.342 e. The summed E-state index contributed by atoms with van der Waals surface area (Å²) in [6.07, 6.45) is 4.27. The first-order valence-electron chi connectivity index (χ1n) is 7.15. The van der Waals surface area contributed by atoms with Crippen molar-refractivity contribution < 1.29 is 9.28 Å². The second-order valence-corrected chi connectivity index (χ2v) is 4.97. The third-order valence-corrected chi connectivity index (χ3v) is 3.33. The summed E-state index contributed by atoms with van der Waals surface area (Å²) < 4.78 is 0.556. The maximum Gasteiger partial charge on any atom is 0.251 e. The zero-order valence-corrected chi connectivity index (χ0v) is 12.6. The van der Waals surface area contributed by atoms with E-state index in [9.17, 15) is 4.79 Å². The van der Waals surface area contributed by atoms with Crippen molar-refractivity contribution in [3.8, 4) is 0 Å². The van der Waals surface area contributed by atoms with Crippen LogP contribution in [-0.4, -0.2) is 74.7 Å². The number of carbonyl (C=O) groups is 1. The van der Waals surface area contributed by atoms with Gasteiger partial charge >= 0.3 is 0 Å². The van der Waals surface area contributed by atoms with E-state index in [2.05, 4.69) is 0 Å². The van der Waals surface area contributed by atoms with E-state index in [-0.39, 0.29) is 5.91 Å². The van der Waals surface area contributed by atoms with Crippen molar-refractivity contribution in [1.82, 2.24) is 4.90 Å². The van der Waals surface area contributed by atoms with Crippen LogP contribution >= 0.6 is 0 Å². The molecule has 0 rings (SSSR count). The first kappa shape index (κ1) is 19.0. The summed E-state index contributed by atoms with van der Waals surface area (Å²) in [5, 5.41) is 0. The maximum atomic E-state index is 12.0. The van der Waals surface area contributed by atoms with E-state index < -0.39 is 0 Å². The standard InChI is InChI=1S/C13H31N6O/c1-18(8-2-4-14)13(20)3-9-19(10-5-15,11-6-16)12-7-17/h3,9H,2,4-8,10-12,14-17H2,1H3/q+1. The summed E-state index contributed by atoms with van der Waals surface area (Å²) in [6, 6.07) is 0. The molecule has 8 N–H and O–H groups in total. The molecule has 0 aromatic heterocycles. The normalized spacial score (nSPS) is 12.1. The topological polar surface area (TPSA) is 124 Å². The highest BCUT2D eigenvalue weighted by Crippen LogP contribution is 2.07. The zero-order valence-electron chi connectivity index (χ0n) is 12.6. The molecule has 0 unspecified atom stereocenters. The molecule has 0 heterocycles. The van der Waals surface area contributed by atoms with Crippen LogP contribution < -0.4 is 22.9 Å². The second kappa shape index (κ2) is 10.8. The van der Waals surface area contributed by atoms with Gasteiger partial charge in [-0.2, -0.15) is 0 Å². The molecule has 0 fully saturated rings. The van der Waals surface area contributed by atoms with Crippen LogP contribution in [0.15, 0.2) is 12.3 Å². The first-order valence-corrected chi connectivity index (χ1v) is 7.15. The van der Waals surface area contributed by atoms with E-state index >= 15 is 0 Å². The van der Waals surface area contributed by atoms with Gasteiger partial charge in [0.05, 0.1) is 25.7 Å². The van der Waals surface area contributed by atoms with Crippen LogP contribution in [-0.2, 0) is 4.79 Å². The lowest BCUT2D eigenvalue weighted by atomic mass is 10.3. The Balaban J connectivity index is 4.75. The highest BCUT2D eigenvalue weighted by Gasteiger charge is 2.22. The van der Waals surface area contributed by atoms with Crippen molar-refractivity contribution in [3.63, 3.8) is 0 Å². The number of likely N-dealkylation sites (N-methyl/N-ethyl adjacent to an activating group) is 1. The monoisotopic (exact) mass is 287 g/mol. The minimum absolute atomic E-state index is 0.0352. The van der Waals surface area contributed by atoms with E-state index in [1.165, 1.54) is 0 Å². The molecular formula is C13H31N6O+. The Kier molecular flexibility index (Phi) is 10.2. The third kappa shape index (κ3) is 6.97. The number of carbonyl (C=O) groups excluding carboxylic acids is 1. The van der Waals surface area contributed by atoms with Crippen LogP contribution in [0.25, 0.3) is 0 Å². The van der Waals surface area contributed by atoms with Gasteiger partial charge in [-0.25, -0.2) is 0 Å². The number of rotatable bonds is 11. The van der Waals surface area contributed by atoms with Gasteiger partial charge in [-0.15, -0.1) is 0 Å². The molecule has 1 amide bonds. The molecule has 0 bridgehead atoms. The molecule has 0 saturated carbocycles. The van der Waals surface area contributed by atoms with Crippen LogP contribution in [0.2, 0.25) is 0 Å². The van der Waals surface area contributed by atoms with Gasteiger partial charge in [0.15, 0.2) is 0 Å². The van der Waals surface area contributed by atoms with E-state index in [1.54, 1.807) is 18.0 Å². The van der Waals surface area contributed by atoms with Crippen molar-refractivity contribution >= 4 is 5.91 Å². The van der Waals surface area contributed by atoms with Crippen molar-refractivity contribution in [3.05, 3.63) is 12.3 Å². The second-order valence-electron chi connectivity index (χ2n) is 4.97. The Labute approximate surface area is 122 Å². The predicted octanol–water partition coefficient (Wildman–Crippen LogP) is -2.00. The van der Waals surface area contributed by atoms with E-state index in [0.717, 1.165) is 26.1 Å². The smallest absolute Gasteiger partial charge is 0.251 e.